The van der Waals surface area contributed by atoms with Crippen molar-refractivity contribution < 1.29 is 24.1 Å². The number of ketones is 1. The molecule has 0 radical (unpaired) electrons. The van der Waals surface area contributed by atoms with Gasteiger partial charge in [-0.05, 0) is 26.2 Å². The molecule has 2 fully saturated rings. The van der Waals surface area contributed by atoms with Crippen molar-refractivity contribution in [3.8, 4) is 17.2 Å². The number of aliphatic hydroxyl groups excluding tert-OH is 1. The zero-order valence-electron chi connectivity index (χ0n) is 16.0. The highest BCUT2D eigenvalue weighted by Gasteiger charge is 2.64. The minimum atomic E-state index is -1.34. The van der Waals surface area contributed by atoms with Crippen LogP contribution in [0.4, 0.5) is 0 Å². The molecule has 1 aliphatic carbocycles. The first-order valence-electron chi connectivity index (χ1n) is 9.47. The summed E-state index contributed by atoms with van der Waals surface area (Å²) >= 11 is 6.45. The highest BCUT2D eigenvalue weighted by molar-refractivity contribution is 6.35. The van der Waals surface area contributed by atoms with Gasteiger partial charge < -0.3 is 24.6 Å². The molecule has 1 aromatic carbocycles. The molecule has 27 heavy (non-hydrogen) atoms. The molecule has 6 unspecified atom stereocenters. The summed E-state index contributed by atoms with van der Waals surface area (Å²) in [6.45, 7) is 4.11. The van der Waals surface area contributed by atoms with Crippen molar-refractivity contribution in [2.24, 2.45) is 11.8 Å². The SMILES string of the molecule is COc1cc(OC)c2c(c1Cl)OC1(C2=O)C(C)CC2NC(C)CCC2C1O. The van der Waals surface area contributed by atoms with Gasteiger partial charge in [0.1, 0.15) is 28.2 Å². The molecule has 7 heteroatoms. The van der Waals surface area contributed by atoms with Crippen molar-refractivity contribution in [1.82, 2.24) is 5.32 Å². The third-order valence-corrected chi connectivity index (χ3v) is 6.93. The van der Waals surface area contributed by atoms with Crippen LogP contribution in [0.3, 0.4) is 0 Å². The number of aliphatic hydroxyl groups is 1. The van der Waals surface area contributed by atoms with Crippen LogP contribution in [0.5, 0.6) is 17.2 Å². The van der Waals surface area contributed by atoms with E-state index in [4.69, 9.17) is 25.8 Å². The molecule has 6 nitrogen and oxygen atoms in total. The molecule has 0 aromatic heterocycles. The Balaban J connectivity index is 1.80. The van der Waals surface area contributed by atoms with E-state index in [-0.39, 0.29) is 34.4 Å². The van der Waals surface area contributed by atoms with Crippen LogP contribution in [0.1, 0.15) is 43.5 Å². The number of halogens is 1. The van der Waals surface area contributed by atoms with Crippen molar-refractivity contribution in [3.05, 3.63) is 16.7 Å². The van der Waals surface area contributed by atoms with E-state index in [1.54, 1.807) is 6.07 Å². The Morgan fingerprint density at radius 3 is 2.63 bits per heavy atom. The quantitative estimate of drug-likeness (QED) is 0.801. The van der Waals surface area contributed by atoms with Crippen molar-refractivity contribution in [2.75, 3.05) is 14.2 Å². The Morgan fingerprint density at radius 2 is 1.96 bits per heavy atom. The van der Waals surface area contributed by atoms with Crippen LogP contribution in [0.15, 0.2) is 6.07 Å². The number of Topliss-reactive ketones (excluding diaryl/α,β-unsaturated/α-hetero) is 1. The Hall–Kier alpha value is -1.50. The molecule has 6 atom stereocenters. The Bertz CT molecular complexity index is 784. The van der Waals surface area contributed by atoms with Gasteiger partial charge in [0.05, 0.1) is 14.2 Å². The summed E-state index contributed by atoms with van der Waals surface area (Å²) in [5.74, 6) is 0.502. The zero-order valence-corrected chi connectivity index (χ0v) is 16.8. The fraction of sp³-hybridized carbons (Fsp3) is 0.650. The third kappa shape index (κ3) is 2.50. The number of nitrogens with one attached hydrogen (secondary N) is 1. The number of methoxy groups -OCH3 is 2. The number of ether oxygens (including phenoxy) is 3. The lowest BCUT2D eigenvalue weighted by Crippen LogP contribution is -2.68. The van der Waals surface area contributed by atoms with Gasteiger partial charge in [-0.25, -0.2) is 0 Å². The van der Waals surface area contributed by atoms with Crippen molar-refractivity contribution in [1.29, 1.82) is 0 Å². The van der Waals surface area contributed by atoms with Crippen LogP contribution in [0.25, 0.3) is 0 Å². The van der Waals surface area contributed by atoms with Crippen molar-refractivity contribution in [3.63, 3.8) is 0 Å². The molecule has 1 spiro atoms. The molecular weight excluding hydrogens is 370 g/mol. The van der Waals surface area contributed by atoms with Crippen LogP contribution in [0, 0.1) is 11.8 Å². The topological polar surface area (TPSA) is 77.0 Å². The van der Waals surface area contributed by atoms with Gasteiger partial charge in [0, 0.05) is 30.0 Å². The smallest absolute Gasteiger partial charge is 0.216 e. The van der Waals surface area contributed by atoms with Gasteiger partial charge in [-0.3, -0.25) is 4.79 Å². The van der Waals surface area contributed by atoms with Gasteiger partial charge in [-0.2, -0.15) is 0 Å². The summed E-state index contributed by atoms with van der Waals surface area (Å²) in [5, 5.41) is 15.1. The Labute approximate surface area is 164 Å². The second-order valence-electron chi connectivity index (χ2n) is 8.02. The molecular formula is C20H26ClNO5. The van der Waals surface area contributed by atoms with Crippen molar-refractivity contribution in [2.45, 2.75) is 56.9 Å². The van der Waals surface area contributed by atoms with Crippen LogP contribution in [-0.2, 0) is 0 Å². The van der Waals surface area contributed by atoms with E-state index < -0.39 is 11.7 Å². The first-order chi connectivity index (χ1) is 12.8. The van der Waals surface area contributed by atoms with E-state index in [1.165, 1.54) is 14.2 Å². The largest absolute Gasteiger partial charge is 0.496 e. The summed E-state index contributed by atoms with van der Waals surface area (Å²) in [7, 11) is 2.99. The van der Waals surface area contributed by atoms with E-state index in [9.17, 15) is 9.90 Å². The molecule has 4 rings (SSSR count). The fourth-order valence-corrected chi connectivity index (χ4v) is 5.41. The zero-order chi connectivity index (χ0) is 19.5. The normalized spacial score (nSPS) is 37.6. The summed E-state index contributed by atoms with van der Waals surface area (Å²) in [6, 6.07) is 2.18. The lowest BCUT2D eigenvalue weighted by atomic mass is 9.62. The molecule has 0 bridgehead atoms. The molecule has 0 amide bonds. The first-order valence-corrected chi connectivity index (χ1v) is 9.85. The molecule has 2 N–H and O–H groups in total. The van der Waals surface area contributed by atoms with E-state index in [2.05, 4.69) is 12.2 Å². The van der Waals surface area contributed by atoms with E-state index in [0.29, 0.717) is 23.1 Å². The van der Waals surface area contributed by atoms with Crippen LogP contribution in [-0.4, -0.2) is 48.9 Å². The second-order valence-corrected chi connectivity index (χ2v) is 8.40. The fourth-order valence-electron chi connectivity index (χ4n) is 5.14. The Kier molecular flexibility index (Phi) is 4.56. The average molecular weight is 396 g/mol. The lowest BCUT2D eigenvalue weighted by Gasteiger charge is -2.51. The minimum Gasteiger partial charge on any atom is -0.496 e. The number of carbonyl (C=O) groups excluding carboxylic acids is 1. The maximum Gasteiger partial charge on any atom is 0.216 e. The van der Waals surface area contributed by atoms with E-state index >= 15 is 0 Å². The molecule has 1 saturated carbocycles. The molecule has 1 aromatic rings. The first kappa shape index (κ1) is 18.8. The summed E-state index contributed by atoms with van der Waals surface area (Å²) in [4.78, 5) is 13.6. The number of carbonyl (C=O) groups is 1. The van der Waals surface area contributed by atoms with Crippen LogP contribution >= 0.6 is 11.6 Å². The Morgan fingerprint density at radius 1 is 1.26 bits per heavy atom. The molecule has 1 saturated heterocycles. The number of hydrogen-bond acceptors (Lipinski definition) is 6. The molecule has 3 aliphatic rings. The van der Waals surface area contributed by atoms with Crippen LogP contribution < -0.4 is 19.5 Å². The van der Waals surface area contributed by atoms with Gasteiger partial charge in [0.2, 0.25) is 11.4 Å². The van der Waals surface area contributed by atoms with Gasteiger partial charge in [-0.1, -0.05) is 18.5 Å². The number of rotatable bonds is 2. The average Bonchev–Trinajstić information content (AvgIpc) is 2.96. The van der Waals surface area contributed by atoms with Gasteiger partial charge in [0.25, 0.3) is 0 Å². The third-order valence-electron chi connectivity index (χ3n) is 6.58. The molecule has 2 heterocycles. The predicted molar refractivity (Wildman–Crippen MR) is 101 cm³/mol. The highest BCUT2D eigenvalue weighted by atomic mass is 35.5. The summed E-state index contributed by atoms with van der Waals surface area (Å²) in [5.41, 5.74) is -1.04. The summed E-state index contributed by atoms with van der Waals surface area (Å²) in [6.07, 6.45) is 1.65. The number of benzene rings is 1. The van der Waals surface area contributed by atoms with Crippen molar-refractivity contribution >= 4 is 17.4 Å². The second kappa shape index (κ2) is 6.54. The van der Waals surface area contributed by atoms with Crippen LogP contribution in [0.2, 0.25) is 5.02 Å². The van der Waals surface area contributed by atoms with E-state index in [1.807, 2.05) is 6.92 Å². The maximum absolute atomic E-state index is 13.6. The predicted octanol–water partition coefficient (Wildman–Crippen LogP) is 2.83. The van der Waals surface area contributed by atoms with Gasteiger partial charge in [-0.15, -0.1) is 0 Å². The van der Waals surface area contributed by atoms with Gasteiger partial charge in [0.15, 0.2) is 5.75 Å². The highest BCUT2D eigenvalue weighted by Crippen LogP contribution is 2.55. The lowest BCUT2D eigenvalue weighted by molar-refractivity contribution is -0.123. The molecule has 2 aliphatic heterocycles. The van der Waals surface area contributed by atoms with Gasteiger partial charge >= 0.3 is 0 Å². The monoisotopic (exact) mass is 395 g/mol. The number of piperidine rings is 1. The van der Waals surface area contributed by atoms with E-state index in [0.717, 1.165) is 19.3 Å². The molecule has 148 valence electrons. The number of fused-ring (bicyclic) bond motifs is 2. The standard InChI is InChI=1S/C20H26ClNO5/c1-9-7-12-11(6-5-10(2)22-12)18(23)20(9)19(24)15-13(25-3)8-14(26-4)16(21)17(15)27-20/h8-12,18,22-23H,5-7H2,1-4H3. The minimum absolute atomic E-state index is 0.0395. The maximum atomic E-state index is 13.6. The number of hydrogen-bond donors (Lipinski definition) is 2. The summed E-state index contributed by atoms with van der Waals surface area (Å²) < 4.78 is 17.0.